The predicted octanol–water partition coefficient (Wildman–Crippen LogP) is 3.66. The molecule has 1 aromatic heterocycles. The molecule has 0 saturated heterocycles. The lowest BCUT2D eigenvalue weighted by Gasteiger charge is -2.10. The van der Waals surface area contributed by atoms with Crippen LogP contribution < -0.4 is 0 Å². The second kappa shape index (κ2) is 5.05. The van der Waals surface area contributed by atoms with E-state index < -0.39 is 0 Å². The van der Waals surface area contributed by atoms with E-state index >= 15 is 0 Å². The fourth-order valence-corrected chi connectivity index (χ4v) is 3.23. The van der Waals surface area contributed by atoms with Gasteiger partial charge in [-0.2, -0.15) is 5.26 Å². The van der Waals surface area contributed by atoms with Crippen LogP contribution in [0.2, 0.25) is 0 Å². The summed E-state index contributed by atoms with van der Waals surface area (Å²) >= 11 is 0. The van der Waals surface area contributed by atoms with Gasteiger partial charge in [0, 0.05) is 13.0 Å². The van der Waals surface area contributed by atoms with E-state index in [0.717, 1.165) is 29.9 Å². The molecule has 98 valence electrons. The summed E-state index contributed by atoms with van der Waals surface area (Å²) in [4.78, 5) is 4.77. The van der Waals surface area contributed by atoms with Crippen molar-refractivity contribution in [3.63, 3.8) is 0 Å². The van der Waals surface area contributed by atoms with E-state index in [1.54, 1.807) is 0 Å². The summed E-state index contributed by atoms with van der Waals surface area (Å²) in [6, 6.07) is 8.01. The van der Waals surface area contributed by atoms with Crippen molar-refractivity contribution in [3.8, 4) is 6.07 Å². The van der Waals surface area contributed by atoms with Crippen molar-refractivity contribution in [1.29, 1.82) is 5.26 Å². The number of nitriles is 1. The summed E-state index contributed by atoms with van der Waals surface area (Å²) in [5, 5.41) is 8.98. The maximum absolute atomic E-state index is 8.98. The Morgan fingerprint density at radius 3 is 2.84 bits per heavy atom. The number of benzene rings is 1. The average Bonchev–Trinajstić information content (AvgIpc) is 3.05. The lowest BCUT2D eigenvalue weighted by atomic mass is 10.0. The Balaban J connectivity index is 2.00. The number of aromatic nitrogens is 2. The molecule has 1 heterocycles. The minimum Gasteiger partial charge on any atom is -0.328 e. The van der Waals surface area contributed by atoms with E-state index in [1.165, 1.54) is 31.5 Å². The molecule has 1 aliphatic rings. The fraction of sp³-hybridized carbons (Fsp3) is 0.500. The number of hydrogen-bond acceptors (Lipinski definition) is 2. The lowest BCUT2D eigenvalue weighted by molar-refractivity contribution is 0.516. The van der Waals surface area contributed by atoms with Gasteiger partial charge in [0.05, 0.1) is 22.7 Å². The van der Waals surface area contributed by atoms with Crippen molar-refractivity contribution in [2.24, 2.45) is 5.92 Å². The molecule has 2 aromatic rings. The Morgan fingerprint density at radius 2 is 2.16 bits per heavy atom. The van der Waals surface area contributed by atoms with Crippen LogP contribution in [0, 0.1) is 17.2 Å². The lowest BCUT2D eigenvalue weighted by Crippen LogP contribution is -2.07. The SMILES string of the molecule is CCn1c(CC2CCCC2)nc2cc(C#N)ccc21. The number of aryl methyl sites for hydroxylation is 1. The second-order valence-electron chi connectivity index (χ2n) is 5.44. The molecular weight excluding hydrogens is 234 g/mol. The van der Waals surface area contributed by atoms with Gasteiger partial charge in [-0.3, -0.25) is 0 Å². The van der Waals surface area contributed by atoms with E-state index in [2.05, 4.69) is 17.6 Å². The molecule has 0 amide bonds. The van der Waals surface area contributed by atoms with Gasteiger partial charge >= 0.3 is 0 Å². The summed E-state index contributed by atoms with van der Waals surface area (Å²) < 4.78 is 2.30. The number of hydrogen-bond donors (Lipinski definition) is 0. The Labute approximate surface area is 113 Å². The van der Waals surface area contributed by atoms with Crippen LogP contribution in [0.25, 0.3) is 11.0 Å². The van der Waals surface area contributed by atoms with Crippen molar-refractivity contribution in [3.05, 3.63) is 29.6 Å². The van der Waals surface area contributed by atoms with E-state index in [-0.39, 0.29) is 0 Å². The molecule has 0 spiro atoms. The molecule has 0 atom stereocenters. The third-order valence-electron chi connectivity index (χ3n) is 4.22. The quantitative estimate of drug-likeness (QED) is 0.837. The molecule has 0 unspecified atom stereocenters. The highest BCUT2D eigenvalue weighted by atomic mass is 15.1. The zero-order valence-corrected chi connectivity index (χ0v) is 11.4. The first-order valence-electron chi connectivity index (χ1n) is 7.21. The topological polar surface area (TPSA) is 41.6 Å². The van der Waals surface area contributed by atoms with E-state index in [0.29, 0.717) is 5.56 Å². The van der Waals surface area contributed by atoms with Gasteiger partial charge in [-0.25, -0.2) is 4.98 Å². The monoisotopic (exact) mass is 253 g/mol. The van der Waals surface area contributed by atoms with Crippen LogP contribution in [0.4, 0.5) is 0 Å². The Morgan fingerprint density at radius 1 is 1.37 bits per heavy atom. The van der Waals surface area contributed by atoms with Crippen molar-refractivity contribution in [1.82, 2.24) is 9.55 Å². The Bertz CT molecular complexity index is 627. The van der Waals surface area contributed by atoms with Crippen LogP contribution in [0.5, 0.6) is 0 Å². The smallest absolute Gasteiger partial charge is 0.110 e. The second-order valence-corrected chi connectivity index (χ2v) is 5.44. The van der Waals surface area contributed by atoms with Gasteiger partial charge in [0.1, 0.15) is 5.82 Å². The maximum atomic E-state index is 8.98. The van der Waals surface area contributed by atoms with E-state index in [1.807, 2.05) is 18.2 Å². The number of imidazole rings is 1. The van der Waals surface area contributed by atoms with E-state index in [4.69, 9.17) is 10.2 Å². The standard InChI is InChI=1S/C16H19N3/c1-2-19-15-8-7-13(11-17)9-14(15)18-16(19)10-12-5-3-4-6-12/h7-9,12H,2-6,10H2,1H3. The summed E-state index contributed by atoms with van der Waals surface area (Å²) in [6.45, 7) is 3.11. The molecule has 3 heteroatoms. The minimum atomic E-state index is 0.695. The minimum absolute atomic E-state index is 0.695. The number of rotatable bonds is 3. The molecule has 0 radical (unpaired) electrons. The molecule has 1 aliphatic carbocycles. The molecule has 19 heavy (non-hydrogen) atoms. The number of nitrogens with zero attached hydrogens (tertiary/aromatic N) is 3. The molecule has 3 nitrogen and oxygen atoms in total. The van der Waals surface area contributed by atoms with Gasteiger partial charge in [0.15, 0.2) is 0 Å². The van der Waals surface area contributed by atoms with Gasteiger partial charge < -0.3 is 4.57 Å². The van der Waals surface area contributed by atoms with Gasteiger partial charge in [0.2, 0.25) is 0 Å². The van der Waals surface area contributed by atoms with Crippen LogP contribution in [0.15, 0.2) is 18.2 Å². The van der Waals surface area contributed by atoms with Crippen LogP contribution in [0.1, 0.15) is 44.0 Å². The molecule has 1 fully saturated rings. The molecular formula is C16H19N3. The summed E-state index contributed by atoms with van der Waals surface area (Å²) in [5.74, 6) is 2.00. The highest BCUT2D eigenvalue weighted by molar-refractivity contribution is 5.77. The van der Waals surface area contributed by atoms with Crippen LogP contribution in [-0.4, -0.2) is 9.55 Å². The van der Waals surface area contributed by atoms with Crippen LogP contribution in [-0.2, 0) is 13.0 Å². The molecule has 1 aromatic carbocycles. The Hall–Kier alpha value is -1.82. The normalized spacial score (nSPS) is 16.0. The highest BCUT2D eigenvalue weighted by Crippen LogP contribution is 2.29. The van der Waals surface area contributed by atoms with Gasteiger partial charge in [-0.1, -0.05) is 25.7 Å². The summed E-state index contributed by atoms with van der Waals surface area (Å²) in [5.41, 5.74) is 2.82. The molecule has 1 saturated carbocycles. The van der Waals surface area contributed by atoms with Crippen LogP contribution in [0.3, 0.4) is 0 Å². The van der Waals surface area contributed by atoms with Crippen molar-refractivity contribution >= 4 is 11.0 Å². The number of fused-ring (bicyclic) bond motifs is 1. The first kappa shape index (κ1) is 12.2. The average molecular weight is 253 g/mol. The first-order chi connectivity index (χ1) is 9.31. The first-order valence-corrected chi connectivity index (χ1v) is 7.21. The molecule has 3 rings (SSSR count). The van der Waals surface area contributed by atoms with Gasteiger partial charge in [0.25, 0.3) is 0 Å². The Kier molecular flexibility index (Phi) is 3.25. The maximum Gasteiger partial charge on any atom is 0.110 e. The zero-order chi connectivity index (χ0) is 13.2. The fourth-order valence-electron chi connectivity index (χ4n) is 3.23. The zero-order valence-electron chi connectivity index (χ0n) is 11.4. The summed E-state index contributed by atoms with van der Waals surface area (Å²) in [6.07, 6.45) is 6.52. The van der Waals surface area contributed by atoms with E-state index in [9.17, 15) is 0 Å². The summed E-state index contributed by atoms with van der Waals surface area (Å²) in [7, 11) is 0. The third kappa shape index (κ3) is 2.23. The van der Waals surface area contributed by atoms with Crippen molar-refractivity contribution in [2.75, 3.05) is 0 Å². The van der Waals surface area contributed by atoms with Gasteiger partial charge in [-0.05, 0) is 31.0 Å². The molecule has 0 N–H and O–H groups in total. The van der Waals surface area contributed by atoms with Crippen molar-refractivity contribution in [2.45, 2.75) is 45.6 Å². The van der Waals surface area contributed by atoms with Crippen molar-refractivity contribution < 1.29 is 0 Å². The van der Waals surface area contributed by atoms with Crippen LogP contribution >= 0.6 is 0 Å². The molecule has 0 aliphatic heterocycles. The highest BCUT2D eigenvalue weighted by Gasteiger charge is 2.19. The molecule has 0 bridgehead atoms. The predicted molar refractivity (Wildman–Crippen MR) is 75.8 cm³/mol. The third-order valence-corrected chi connectivity index (χ3v) is 4.22. The largest absolute Gasteiger partial charge is 0.328 e. The van der Waals surface area contributed by atoms with Gasteiger partial charge in [-0.15, -0.1) is 0 Å².